The van der Waals surface area contributed by atoms with Crippen molar-refractivity contribution < 1.29 is 8.42 Å². The van der Waals surface area contributed by atoms with Crippen molar-refractivity contribution in [2.45, 2.75) is 24.7 Å². The van der Waals surface area contributed by atoms with Gasteiger partial charge in [0.1, 0.15) is 0 Å². The molecule has 0 aliphatic rings. The molecule has 3 heteroatoms. The van der Waals surface area contributed by atoms with Crippen molar-refractivity contribution in [2.75, 3.05) is 0 Å². The van der Waals surface area contributed by atoms with Gasteiger partial charge in [-0.05, 0) is 18.6 Å². The van der Waals surface area contributed by atoms with E-state index in [-0.39, 0.29) is 0 Å². The number of hydrogen-bond acceptors (Lipinski definition) is 2. The fourth-order valence-corrected chi connectivity index (χ4v) is 2.13. The molecule has 2 nitrogen and oxygen atoms in total. The van der Waals surface area contributed by atoms with Gasteiger partial charge in [-0.25, -0.2) is 8.42 Å². The Morgan fingerprint density at radius 1 is 1.21 bits per heavy atom. The first-order valence-electron chi connectivity index (χ1n) is 4.63. The van der Waals surface area contributed by atoms with E-state index in [1.165, 1.54) is 5.41 Å². The van der Waals surface area contributed by atoms with Gasteiger partial charge in [0, 0.05) is 5.41 Å². The van der Waals surface area contributed by atoms with Crippen molar-refractivity contribution in [2.24, 2.45) is 0 Å². The van der Waals surface area contributed by atoms with Crippen molar-refractivity contribution in [1.29, 1.82) is 0 Å². The first-order chi connectivity index (χ1) is 6.67. The molecule has 0 bridgehead atoms. The first kappa shape index (κ1) is 11.0. The Balaban J connectivity index is 2.87. The lowest BCUT2D eigenvalue weighted by molar-refractivity contribution is 0.604. The SMILES string of the molecule is CCCC=CS(=O)(=O)c1ccccc1. The normalized spacial score (nSPS) is 12.1. The van der Waals surface area contributed by atoms with Crippen molar-refractivity contribution in [3.8, 4) is 0 Å². The van der Waals surface area contributed by atoms with Crippen molar-refractivity contribution >= 4 is 9.84 Å². The highest BCUT2D eigenvalue weighted by Gasteiger charge is 2.07. The Morgan fingerprint density at radius 3 is 2.43 bits per heavy atom. The van der Waals surface area contributed by atoms with Crippen LogP contribution < -0.4 is 0 Å². The maximum Gasteiger partial charge on any atom is 0.199 e. The second kappa shape index (κ2) is 4.96. The van der Waals surface area contributed by atoms with E-state index < -0.39 is 9.84 Å². The van der Waals surface area contributed by atoms with Gasteiger partial charge in [0.15, 0.2) is 9.84 Å². The third kappa shape index (κ3) is 3.00. The quantitative estimate of drug-likeness (QED) is 0.765. The molecule has 0 heterocycles. The molecule has 1 aromatic rings. The van der Waals surface area contributed by atoms with Crippen molar-refractivity contribution in [3.05, 3.63) is 41.8 Å². The number of benzene rings is 1. The fourth-order valence-electron chi connectivity index (χ4n) is 1.05. The summed E-state index contributed by atoms with van der Waals surface area (Å²) in [4.78, 5) is 0.354. The van der Waals surface area contributed by atoms with Crippen LogP contribution in [0, 0.1) is 0 Å². The largest absolute Gasteiger partial charge is 0.219 e. The fraction of sp³-hybridized carbons (Fsp3) is 0.273. The summed E-state index contributed by atoms with van der Waals surface area (Å²) in [5.41, 5.74) is 0. The molecule has 1 rings (SSSR count). The summed E-state index contributed by atoms with van der Waals surface area (Å²) in [5, 5.41) is 1.28. The Labute approximate surface area is 85.2 Å². The molecule has 0 saturated carbocycles. The zero-order valence-electron chi connectivity index (χ0n) is 8.18. The van der Waals surface area contributed by atoms with Gasteiger partial charge in [-0.15, -0.1) is 0 Å². The number of sulfone groups is 1. The van der Waals surface area contributed by atoms with E-state index in [0.717, 1.165) is 12.8 Å². The van der Waals surface area contributed by atoms with Gasteiger partial charge in [0.2, 0.25) is 0 Å². The molecular weight excluding hydrogens is 196 g/mol. The van der Waals surface area contributed by atoms with Crippen LogP contribution in [-0.2, 0) is 9.84 Å². The zero-order valence-corrected chi connectivity index (χ0v) is 9.00. The third-order valence-corrected chi connectivity index (χ3v) is 3.28. The number of hydrogen-bond donors (Lipinski definition) is 0. The van der Waals surface area contributed by atoms with E-state index in [1.54, 1.807) is 36.4 Å². The smallest absolute Gasteiger partial charge is 0.199 e. The molecule has 0 N–H and O–H groups in total. The molecule has 0 aromatic heterocycles. The molecule has 1 aromatic carbocycles. The molecule has 0 saturated heterocycles. The van der Waals surface area contributed by atoms with E-state index in [1.807, 2.05) is 6.92 Å². The second-order valence-corrected chi connectivity index (χ2v) is 4.85. The van der Waals surface area contributed by atoms with Crippen molar-refractivity contribution in [3.63, 3.8) is 0 Å². The third-order valence-electron chi connectivity index (χ3n) is 1.80. The van der Waals surface area contributed by atoms with Gasteiger partial charge in [-0.1, -0.05) is 37.6 Å². The first-order valence-corrected chi connectivity index (χ1v) is 6.18. The summed E-state index contributed by atoms with van der Waals surface area (Å²) in [6.07, 6.45) is 3.45. The molecular formula is C11H14O2S. The molecule has 76 valence electrons. The highest BCUT2D eigenvalue weighted by Crippen LogP contribution is 2.11. The van der Waals surface area contributed by atoms with Gasteiger partial charge in [0.25, 0.3) is 0 Å². The van der Waals surface area contributed by atoms with Crippen LogP contribution >= 0.6 is 0 Å². The molecule has 0 aliphatic heterocycles. The number of rotatable bonds is 4. The number of unbranched alkanes of at least 4 members (excludes halogenated alkanes) is 1. The summed E-state index contributed by atoms with van der Waals surface area (Å²) in [6, 6.07) is 8.45. The van der Waals surface area contributed by atoms with Crippen LogP contribution in [0.2, 0.25) is 0 Å². The lowest BCUT2D eigenvalue weighted by Gasteiger charge is -1.97. The van der Waals surface area contributed by atoms with Crippen LogP contribution in [0.5, 0.6) is 0 Å². The zero-order chi connectivity index (χ0) is 10.4. The highest BCUT2D eigenvalue weighted by atomic mass is 32.2. The van der Waals surface area contributed by atoms with E-state index in [0.29, 0.717) is 4.90 Å². The van der Waals surface area contributed by atoms with E-state index >= 15 is 0 Å². The van der Waals surface area contributed by atoms with Crippen LogP contribution in [0.25, 0.3) is 0 Å². The Morgan fingerprint density at radius 2 is 1.86 bits per heavy atom. The molecule has 0 amide bonds. The average Bonchev–Trinajstić information content (AvgIpc) is 2.19. The topological polar surface area (TPSA) is 34.1 Å². The lowest BCUT2D eigenvalue weighted by Crippen LogP contribution is -1.95. The van der Waals surface area contributed by atoms with Crippen LogP contribution in [-0.4, -0.2) is 8.42 Å². The molecule has 0 spiro atoms. The minimum Gasteiger partial charge on any atom is -0.219 e. The molecule has 0 unspecified atom stereocenters. The van der Waals surface area contributed by atoms with Crippen LogP contribution in [0.1, 0.15) is 19.8 Å². The predicted octanol–water partition coefficient (Wildman–Crippen LogP) is 2.77. The van der Waals surface area contributed by atoms with Crippen molar-refractivity contribution in [1.82, 2.24) is 0 Å². The second-order valence-electron chi connectivity index (χ2n) is 3.02. The average molecular weight is 210 g/mol. The predicted molar refractivity (Wildman–Crippen MR) is 57.7 cm³/mol. The van der Waals surface area contributed by atoms with Crippen LogP contribution in [0.4, 0.5) is 0 Å². The Kier molecular flexibility index (Phi) is 3.89. The van der Waals surface area contributed by atoms with Gasteiger partial charge in [0.05, 0.1) is 4.90 Å². The Hall–Kier alpha value is -1.09. The lowest BCUT2D eigenvalue weighted by atomic mass is 10.3. The minimum atomic E-state index is -3.21. The van der Waals surface area contributed by atoms with Gasteiger partial charge in [-0.3, -0.25) is 0 Å². The highest BCUT2D eigenvalue weighted by molar-refractivity contribution is 7.94. The van der Waals surface area contributed by atoms with E-state index in [4.69, 9.17) is 0 Å². The minimum absolute atomic E-state index is 0.354. The standard InChI is InChI=1S/C11H14O2S/c1-2-3-7-10-14(12,13)11-8-5-4-6-9-11/h4-10H,2-3H2,1H3. The molecule has 0 aliphatic carbocycles. The van der Waals surface area contributed by atoms with Gasteiger partial charge < -0.3 is 0 Å². The number of allylic oxidation sites excluding steroid dienone is 1. The van der Waals surface area contributed by atoms with Gasteiger partial charge >= 0.3 is 0 Å². The van der Waals surface area contributed by atoms with E-state index in [9.17, 15) is 8.42 Å². The summed E-state index contributed by atoms with van der Waals surface area (Å²) in [6.45, 7) is 2.01. The molecule has 0 radical (unpaired) electrons. The monoisotopic (exact) mass is 210 g/mol. The summed E-state index contributed by atoms with van der Waals surface area (Å²) in [5.74, 6) is 0. The van der Waals surface area contributed by atoms with E-state index in [2.05, 4.69) is 0 Å². The maximum absolute atomic E-state index is 11.6. The summed E-state index contributed by atoms with van der Waals surface area (Å²) < 4.78 is 23.2. The maximum atomic E-state index is 11.6. The molecule has 0 fully saturated rings. The van der Waals surface area contributed by atoms with Crippen LogP contribution in [0.3, 0.4) is 0 Å². The van der Waals surface area contributed by atoms with Crippen LogP contribution in [0.15, 0.2) is 46.7 Å². The summed E-state index contributed by atoms with van der Waals surface area (Å²) >= 11 is 0. The molecule has 0 atom stereocenters. The Bertz CT molecular complexity index is 391. The summed E-state index contributed by atoms with van der Waals surface area (Å²) in [7, 11) is -3.21. The van der Waals surface area contributed by atoms with Gasteiger partial charge in [-0.2, -0.15) is 0 Å². The molecule has 14 heavy (non-hydrogen) atoms.